The number of carbonyl (C=O) groups excluding carboxylic acids is 2. The van der Waals surface area contributed by atoms with Crippen molar-refractivity contribution in [2.24, 2.45) is 5.92 Å². The molecule has 166 valence electrons. The molecule has 3 heterocycles. The number of hydrogen-bond acceptors (Lipinski definition) is 6. The Balaban J connectivity index is 1.77. The van der Waals surface area contributed by atoms with Crippen LogP contribution >= 0.6 is 0 Å². The lowest BCUT2D eigenvalue weighted by atomic mass is 9.88. The van der Waals surface area contributed by atoms with Crippen LogP contribution in [0.3, 0.4) is 0 Å². The summed E-state index contributed by atoms with van der Waals surface area (Å²) in [5, 5.41) is 7.70. The van der Waals surface area contributed by atoms with E-state index < -0.39 is 12.0 Å². The molecule has 2 amide bonds. The SMILES string of the molecule is CCn1ncc2c(C)cc(-c3ccc(C(C=C4OC(=O)NC4=O)C(C)C)c(OC)n3)cc21. The van der Waals surface area contributed by atoms with Gasteiger partial charge in [-0.15, -0.1) is 0 Å². The van der Waals surface area contributed by atoms with Crippen molar-refractivity contribution < 1.29 is 19.1 Å². The third-order valence-electron chi connectivity index (χ3n) is 5.70. The molecule has 1 atom stereocenters. The van der Waals surface area contributed by atoms with Crippen LogP contribution < -0.4 is 10.1 Å². The van der Waals surface area contributed by atoms with Gasteiger partial charge in [0.2, 0.25) is 5.88 Å². The lowest BCUT2D eigenvalue weighted by Gasteiger charge is -2.20. The summed E-state index contributed by atoms with van der Waals surface area (Å²) in [7, 11) is 1.57. The average molecular weight is 434 g/mol. The molecule has 1 fully saturated rings. The number of rotatable bonds is 6. The fourth-order valence-electron chi connectivity index (χ4n) is 4.02. The molecule has 1 N–H and O–H groups in total. The van der Waals surface area contributed by atoms with Crippen molar-refractivity contribution in [2.75, 3.05) is 7.11 Å². The van der Waals surface area contributed by atoms with Crippen LogP contribution in [0.15, 0.2) is 42.3 Å². The Morgan fingerprint density at radius 2 is 2.03 bits per heavy atom. The molecule has 2 aromatic heterocycles. The quantitative estimate of drug-likeness (QED) is 0.581. The van der Waals surface area contributed by atoms with E-state index in [1.54, 1.807) is 13.2 Å². The Morgan fingerprint density at radius 3 is 2.66 bits per heavy atom. The zero-order valence-electron chi connectivity index (χ0n) is 18.8. The number of nitrogens with one attached hydrogen (secondary N) is 1. The predicted octanol–water partition coefficient (Wildman–Crippen LogP) is 4.33. The predicted molar refractivity (Wildman–Crippen MR) is 120 cm³/mol. The number of ether oxygens (including phenoxy) is 2. The lowest BCUT2D eigenvalue weighted by Crippen LogP contribution is -2.19. The number of nitrogens with zero attached hydrogens (tertiary/aromatic N) is 3. The summed E-state index contributed by atoms with van der Waals surface area (Å²) in [4.78, 5) is 28.1. The van der Waals surface area contributed by atoms with Gasteiger partial charge in [-0.2, -0.15) is 5.10 Å². The van der Waals surface area contributed by atoms with E-state index in [1.807, 2.05) is 36.9 Å². The molecular weight excluding hydrogens is 408 g/mol. The largest absolute Gasteiger partial charge is 0.481 e. The number of methoxy groups -OCH3 is 1. The van der Waals surface area contributed by atoms with Crippen LogP contribution in [0.1, 0.15) is 37.8 Å². The summed E-state index contributed by atoms with van der Waals surface area (Å²) < 4.78 is 12.6. The van der Waals surface area contributed by atoms with Crippen LogP contribution in [0.5, 0.6) is 5.88 Å². The maximum atomic E-state index is 12.0. The molecule has 4 rings (SSSR count). The van der Waals surface area contributed by atoms with Gasteiger partial charge >= 0.3 is 6.09 Å². The van der Waals surface area contributed by atoms with Crippen LogP contribution in [-0.2, 0) is 16.1 Å². The van der Waals surface area contributed by atoms with E-state index in [9.17, 15) is 9.59 Å². The van der Waals surface area contributed by atoms with Crippen molar-refractivity contribution in [1.82, 2.24) is 20.1 Å². The minimum atomic E-state index is -0.763. The van der Waals surface area contributed by atoms with Gasteiger partial charge in [0.15, 0.2) is 5.76 Å². The molecule has 1 saturated heterocycles. The van der Waals surface area contributed by atoms with Gasteiger partial charge in [0.05, 0.1) is 24.5 Å². The molecule has 0 bridgehead atoms. The van der Waals surface area contributed by atoms with Gasteiger partial charge in [0, 0.05) is 29.0 Å². The summed E-state index contributed by atoms with van der Waals surface area (Å²) in [6.07, 6.45) is 2.78. The fourth-order valence-corrected chi connectivity index (χ4v) is 4.02. The van der Waals surface area contributed by atoms with Gasteiger partial charge in [-0.1, -0.05) is 19.9 Å². The number of aryl methyl sites for hydroxylation is 2. The highest BCUT2D eigenvalue weighted by atomic mass is 16.6. The van der Waals surface area contributed by atoms with Crippen LogP contribution in [0, 0.1) is 12.8 Å². The lowest BCUT2D eigenvalue weighted by molar-refractivity contribution is -0.116. The summed E-state index contributed by atoms with van der Waals surface area (Å²) in [6.45, 7) is 8.95. The molecule has 8 nitrogen and oxygen atoms in total. The van der Waals surface area contributed by atoms with Gasteiger partial charge in [-0.3, -0.25) is 14.8 Å². The van der Waals surface area contributed by atoms with E-state index >= 15 is 0 Å². The Bertz CT molecular complexity index is 1240. The molecule has 1 aromatic carbocycles. The minimum Gasteiger partial charge on any atom is -0.481 e. The number of allylic oxidation sites excluding steroid dienone is 1. The molecule has 1 aliphatic rings. The summed E-state index contributed by atoms with van der Waals surface area (Å²) in [5.74, 6) is -0.212. The maximum Gasteiger partial charge on any atom is 0.419 e. The number of amides is 2. The highest BCUT2D eigenvalue weighted by molar-refractivity contribution is 6.07. The Kier molecular flexibility index (Phi) is 5.69. The van der Waals surface area contributed by atoms with Crippen LogP contribution in [0.2, 0.25) is 0 Å². The van der Waals surface area contributed by atoms with Gasteiger partial charge in [-0.25, -0.2) is 9.78 Å². The number of fused-ring (bicyclic) bond motifs is 1. The van der Waals surface area contributed by atoms with E-state index in [-0.39, 0.29) is 17.6 Å². The van der Waals surface area contributed by atoms with E-state index in [2.05, 4.69) is 36.4 Å². The summed E-state index contributed by atoms with van der Waals surface area (Å²) in [6, 6.07) is 8.08. The van der Waals surface area contributed by atoms with E-state index in [4.69, 9.17) is 14.5 Å². The number of benzene rings is 1. The number of pyridine rings is 1. The average Bonchev–Trinajstić information content (AvgIpc) is 3.33. The first-order chi connectivity index (χ1) is 15.3. The first-order valence-corrected chi connectivity index (χ1v) is 10.6. The zero-order valence-corrected chi connectivity index (χ0v) is 18.8. The normalized spacial score (nSPS) is 16.0. The minimum absolute atomic E-state index is 0.00580. The Labute approximate surface area is 186 Å². The molecule has 1 unspecified atom stereocenters. The number of imide groups is 1. The van der Waals surface area contributed by atoms with E-state index in [0.29, 0.717) is 5.88 Å². The van der Waals surface area contributed by atoms with Crippen molar-refractivity contribution >= 4 is 22.9 Å². The van der Waals surface area contributed by atoms with Crippen LogP contribution in [0.4, 0.5) is 4.79 Å². The first kappa shape index (κ1) is 21.5. The van der Waals surface area contributed by atoms with Gasteiger partial charge in [0.25, 0.3) is 5.91 Å². The number of hydrogen-bond donors (Lipinski definition) is 1. The van der Waals surface area contributed by atoms with Gasteiger partial charge in [0.1, 0.15) is 0 Å². The molecule has 0 spiro atoms. The standard InChI is InChI=1S/C24H26N4O4/c1-6-28-20-10-15(9-14(4)18(20)12-25-28)19-8-7-16(23(26-19)31-5)17(13(2)3)11-21-22(29)27-24(30)32-21/h7-13,17H,6H2,1-5H3,(H,27,29,30). The van der Waals surface area contributed by atoms with Crippen LogP contribution in [-0.4, -0.2) is 33.9 Å². The third kappa shape index (κ3) is 3.84. The summed E-state index contributed by atoms with van der Waals surface area (Å²) >= 11 is 0. The van der Waals surface area contributed by atoms with Crippen molar-refractivity contribution in [3.05, 3.63) is 53.4 Å². The smallest absolute Gasteiger partial charge is 0.419 e. The zero-order chi connectivity index (χ0) is 23.0. The highest BCUT2D eigenvalue weighted by Gasteiger charge is 2.29. The maximum absolute atomic E-state index is 12.0. The molecule has 3 aromatic rings. The molecular formula is C24H26N4O4. The second-order valence-electron chi connectivity index (χ2n) is 8.13. The molecule has 0 radical (unpaired) electrons. The topological polar surface area (TPSA) is 95.3 Å². The molecule has 0 aliphatic carbocycles. The van der Waals surface area contributed by atoms with E-state index in [0.717, 1.165) is 39.8 Å². The molecule has 0 saturated carbocycles. The van der Waals surface area contributed by atoms with Crippen molar-refractivity contribution in [1.29, 1.82) is 0 Å². The second kappa shape index (κ2) is 8.45. The van der Waals surface area contributed by atoms with Crippen molar-refractivity contribution in [2.45, 2.75) is 40.2 Å². The molecule has 1 aliphatic heterocycles. The van der Waals surface area contributed by atoms with Gasteiger partial charge < -0.3 is 9.47 Å². The van der Waals surface area contributed by atoms with Crippen molar-refractivity contribution in [3.8, 4) is 17.1 Å². The van der Waals surface area contributed by atoms with Crippen LogP contribution in [0.25, 0.3) is 22.2 Å². The highest BCUT2D eigenvalue weighted by Crippen LogP contribution is 2.36. The number of aromatic nitrogens is 3. The number of carbonyl (C=O) groups is 2. The Morgan fingerprint density at radius 1 is 1.25 bits per heavy atom. The molecule has 32 heavy (non-hydrogen) atoms. The fraction of sp³-hybridized carbons (Fsp3) is 0.333. The molecule has 8 heteroatoms. The number of alkyl carbamates (subject to hydrolysis) is 1. The van der Waals surface area contributed by atoms with Crippen molar-refractivity contribution in [3.63, 3.8) is 0 Å². The first-order valence-electron chi connectivity index (χ1n) is 10.6. The Hall–Kier alpha value is -3.68. The summed E-state index contributed by atoms with van der Waals surface area (Å²) in [5.41, 5.74) is 4.75. The third-order valence-corrected chi connectivity index (χ3v) is 5.70. The van der Waals surface area contributed by atoms with Gasteiger partial charge in [-0.05, 0) is 49.6 Å². The monoisotopic (exact) mass is 434 g/mol. The number of cyclic esters (lactones) is 1. The second-order valence-corrected chi connectivity index (χ2v) is 8.13. The van der Waals surface area contributed by atoms with E-state index in [1.165, 1.54) is 0 Å².